The molecule has 0 radical (unpaired) electrons. The number of nitrogens with zero attached hydrogens (tertiary/aromatic N) is 2. The minimum Gasteiger partial charge on any atom is -0.484 e. The first kappa shape index (κ1) is 21.1. The summed E-state index contributed by atoms with van der Waals surface area (Å²) in [7, 11) is -3.80. The molecule has 8 nitrogen and oxygen atoms in total. The predicted molar refractivity (Wildman–Crippen MR) is 106 cm³/mol. The monoisotopic (exact) mass is 435 g/mol. The third kappa shape index (κ3) is 5.25. The van der Waals surface area contributed by atoms with E-state index in [1.807, 2.05) is 6.07 Å². The molecule has 0 spiro atoms. The quantitative estimate of drug-likeness (QED) is 0.745. The standard InChI is InChI=1S/C19H18ClN3O5S/c20-17-6-3-15(11-18(17)29(25,26)23-7-9-27-10-8-23)22-19(24)13-28-16-4-1-14(12-21)2-5-16/h1-6,11H,7-10,13H2,(H,22,24). The van der Waals surface area contributed by atoms with Gasteiger partial charge in [0.25, 0.3) is 5.91 Å². The number of carbonyl (C=O) groups excluding carboxylic acids is 1. The highest BCUT2D eigenvalue weighted by atomic mass is 35.5. The van der Waals surface area contributed by atoms with Gasteiger partial charge in [0.1, 0.15) is 10.6 Å². The Morgan fingerprint density at radius 2 is 1.90 bits per heavy atom. The van der Waals surface area contributed by atoms with E-state index >= 15 is 0 Å². The van der Waals surface area contributed by atoms with Crippen LogP contribution in [0.2, 0.25) is 5.02 Å². The summed E-state index contributed by atoms with van der Waals surface area (Å²) < 4.78 is 37.5. The van der Waals surface area contributed by atoms with Crippen LogP contribution in [0.4, 0.5) is 5.69 Å². The summed E-state index contributed by atoms with van der Waals surface area (Å²) in [5.74, 6) is -0.0303. The minimum absolute atomic E-state index is 0.0725. The number of halogens is 1. The number of hydrogen-bond donors (Lipinski definition) is 1. The number of amides is 1. The average molecular weight is 436 g/mol. The molecule has 0 unspecified atom stereocenters. The van der Waals surface area contributed by atoms with E-state index in [1.165, 1.54) is 22.5 Å². The first-order chi connectivity index (χ1) is 13.9. The summed E-state index contributed by atoms with van der Waals surface area (Å²) in [4.78, 5) is 12.1. The van der Waals surface area contributed by atoms with Gasteiger partial charge in [0, 0.05) is 18.8 Å². The van der Waals surface area contributed by atoms with Crippen LogP contribution < -0.4 is 10.1 Å². The summed E-state index contributed by atoms with van der Waals surface area (Å²) in [5.41, 5.74) is 0.770. The number of hydrogen-bond acceptors (Lipinski definition) is 6. The molecular formula is C19H18ClN3O5S. The second-order valence-corrected chi connectivity index (χ2v) is 8.45. The molecule has 0 aromatic heterocycles. The molecule has 2 aromatic carbocycles. The number of carbonyl (C=O) groups is 1. The Labute approximate surface area is 173 Å². The Hall–Kier alpha value is -2.64. The largest absolute Gasteiger partial charge is 0.484 e. The average Bonchev–Trinajstić information content (AvgIpc) is 2.74. The number of nitriles is 1. The maximum Gasteiger partial charge on any atom is 0.262 e. The molecule has 0 aliphatic carbocycles. The molecule has 1 fully saturated rings. The van der Waals surface area contributed by atoms with Crippen molar-refractivity contribution in [2.75, 3.05) is 38.2 Å². The first-order valence-electron chi connectivity index (χ1n) is 8.70. The van der Waals surface area contributed by atoms with E-state index < -0.39 is 15.9 Å². The van der Waals surface area contributed by atoms with Crippen molar-refractivity contribution < 1.29 is 22.7 Å². The van der Waals surface area contributed by atoms with Gasteiger partial charge in [0.2, 0.25) is 10.0 Å². The molecule has 152 valence electrons. The lowest BCUT2D eigenvalue weighted by atomic mass is 10.2. The van der Waals surface area contributed by atoms with Crippen LogP contribution in [-0.4, -0.2) is 51.5 Å². The molecule has 1 aliphatic heterocycles. The smallest absolute Gasteiger partial charge is 0.262 e. The van der Waals surface area contributed by atoms with E-state index in [9.17, 15) is 13.2 Å². The number of anilines is 1. The fourth-order valence-corrected chi connectivity index (χ4v) is 4.58. The number of morpholine rings is 1. The van der Waals surface area contributed by atoms with E-state index in [4.69, 9.17) is 26.3 Å². The van der Waals surface area contributed by atoms with Gasteiger partial charge in [-0.25, -0.2) is 8.42 Å². The minimum atomic E-state index is -3.80. The van der Waals surface area contributed by atoms with Crippen molar-refractivity contribution in [3.05, 3.63) is 53.1 Å². The van der Waals surface area contributed by atoms with Crippen molar-refractivity contribution in [2.45, 2.75) is 4.90 Å². The Bertz CT molecular complexity index is 1030. The second-order valence-electron chi connectivity index (χ2n) is 6.13. The van der Waals surface area contributed by atoms with Crippen molar-refractivity contribution in [3.8, 4) is 11.8 Å². The van der Waals surface area contributed by atoms with Gasteiger partial charge in [-0.15, -0.1) is 0 Å². The molecule has 0 atom stereocenters. The van der Waals surface area contributed by atoms with Crippen LogP contribution in [0.3, 0.4) is 0 Å². The molecule has 3 rings (SSSR count). The summed E-state index contributed by atoms with van der Waals surface area (Å²) in [6.07, 6.45) is 0. The maximum absolute atomic E-state index is 12.8. The van der Waals surface area contributed by atoms with Crippen molar-refractivity contribution in [2.24, 2.45) is 0 Å². The zero-order valence-electron chi connectivity index (χ0n) is 15.3. The SMILES string of the molecule is N#Cc1ccc(OCC(=O)Nc2ccc(Cl)c(S(=O)(=O)N3CCOCC3)c2)cc1. The van der Waals surface area contributed by atoms with E-state index in [0.29, 0.717) is 24.5 Å². The van der Waals surface area contributed by atoms with Crippen LogP contribution in [0, 0.1) is 11.3 Å². The van der Waals surface area contributed by atoms with Crippen LogP contribution in [0.25, 0.3) is 0 Å². The van der Waals surface area contributed by atoms with E-state index in [-0.39, 0.29) is 35.3 Å². The van der Waals surface area contributed by atoms with Crippen LogP contribution in [-0.2, 0) is 19.6 Å². The zero-order valence-corrected chi connectivity index (χ0v) is 16.9. The van der Waals surface area contributed by atoms with Crippen LogP contribution in [0.5, 0.6) is 5.75 Å². The molecule has 0 bridgehead atoms. The fraction of sp³-hybridized carbons (Fsp3) is 0.263. The highest BCUT2D eigenvalue weighted by molar-refractivity contribution is 7.89. The second kappa shape index (κ2) is 9.24. The molecule has 1 amide bonds. The van der Waals surface area contributed by atoms with Crippen molar-refractivity contribution >= 4 is 33.2 Å². The molecule has 29 heavy (non-hydrogen) atoms. The molecular weight excluding hydrogens is 418 g/mol. The number of sulfonamides is 1. The number of nitrogens with one attached hydrogen (secondary N) is 1. The molecule has 1 N–H and O–H groups in total. The number of rotatable bonds is 6. The highest BCUT2D eigenvalue weighted by Gasteiger charge is 2.28. The van der Waals surface area contributed by atoms with E-state index in [1.54, 1.807) is 24.3 Å². The van der Waals surface area contributed by atoms with Gasteiger partial charge in [-0.1, -0.05) is 11.6 Å². The van der Waals surface area contributed by atoms with Crippen molar-refractivity contribution in [3.63, 3.8) is 0 Å². The number of benzene rings is 2. The van der Waals surface area contributed by atoms with Gasteiger partial charge in [0.05, 0.1) is 29.9 Å². The topological polar surface area (TPSA) is 109 Å². The van der Waals surface area contributed by atoms with Gasteiger partial charge in [0.15, 0.2) is 6.61 Å². The predicted octanol–water partition coefficient (Wildman–Crippen LogP) is 2.25. The van der Waals surface area contributed by atoms with Gasteiger partial charge >= 0.3 is 0 Å². The summed E-state index contributed by atoms with van der Waals surface area (Å²) in [6, 6.07) is 12.6. The summed E-state index contributed by atoms with van der Waals surface area (Å²) in [6.45, 7) is 0.849. The van der Waals surface area contributed by atoms with Gasteiger partial charge in [-0.2, -0.15) is 9.57 Å². The Kier molecular flexibility index (Phi) is 6.71. The third-order valence-corrected chi connectivity index (χ3v) is 6.54. The van der Waals surface area contributed by atoms with E-state index in [0.717, 1.165) is 0 Å². The maximum atomic E-state index is 12.8. The van der Waals surface area contributed by atoms with Gasteiger partial charge in [-0.3, -0.25) is 4.79 Å². The normalized spacial score (nSPS) is 14.8. The molecule has 2 aromatic rings. The van der Waals surface area contributed by atoms with Crippen molar-refractivity contribution in [1.82, 2.24) is 4.31 Å². The molecule has 1 heterocycles. The first-order valence-corrected chi connectivity index (χ1v) is 10.5. The Morgan fingerprint density at radius 3 is 2.55 bits per heavy atom. The molecule has 1 aliphatic rings. The zero-order chi connectivity index (χ0) is 20.9. The van der Waals surface area contributed by atoms with Crippen molar-refractivity contribution in [1.29, 1.82) is 5.26 Å². The summed E-state index contributed by atoms with van der Waals surface area (Å²) in [5, 5.41) is 11.4. The molecule has 1 saturated heterocycles. The highest BCUT2D eigenvalue weighted by Crippen LogP contribution is 2.28. The van der Waals surface area contributed by atoms with Crippen LogP contribution >= 0.6 is 11.6 Å². The van der Waals surface area contributed by atoms with Gasteiger partial charge in [-0.05, 0) is 42.5 Å². The third-order valence-electron chi connectivity index (χ3n) is 4.16. The Morgan fingerprint density at radius 1 is 1.21 bits per heavy atom. The molecule has 10 heteroatoms. The van der Waals surface area contributed by atoms with Crippen LogP contribution in [0.15, 0.2) is 47.4 Å². The Balaban J connectivity index is 1.67. The summed E-state index contributed by atoms with van der Waals surface area (Å²) >= 11 is 6.11. The number of ether oxygens (including phenoxy) is 2. The van der Waals surface area contributed by atoms with E-state index in [2.05, 4.69) is 5.32 Å². The lowest BCUT2D eigenvalue weighted by molar-refractivity contribution is -0.118. The fourth-order valence-electron chi connectivity index (χ4n) is 2.68. The van der Waals surface area contributed by atoms with Gasteiger partial charge < -0.3 is 14.8 Å². The lowest BCUT2D eigenvalue weighted by Crippen LogP contribution is -2.40. The van der Waals surface area contributed by atoms with Crippen LogP contribution in [0.1, 0.15) is 5.56 Å². The lowest BCUT2D eigenvalue weighted by Gasteiger charge is -2.26. The molecule has 0 saturated carbocycles.